The van der Waals surface area contributed by atoms with E-state index < -0.39 is 11.2 Å². The fraction of sp³-hybridized carbons (Fsp3) is 0.808. The van der Waals surface area contributed by atoms with Crippen molar-refractivity contribution in [3.05, 3.63) is 33.1 Å². The molecule has 35 heavy (non-hydrogen) atoms. The minimum absolute atomic E-state index is 0.0470. The fourth-order valence-corrected chi connectivity index (χ4v) is 4.70. The van der Waals surface area contributed by atoms with Crippen molar-refractivity contribution in [3.63, 3.8) is 0 Å². The van der Waals surface area contributed by atoms with Crippen molar-refractivity contribution in [1.82, 2.24) is 9.55 Å². The Labute approximate surface area is 214 Å². The quantitative estimate of drug-likeness (QED) is 0.236. The highest BCUT2D eigenvalue weighted by Gasteiger charge is 2.26. The summed E-state index contributed by atoms with van der Waals surface area (Å²) >= 11 is 1.25. The highest BCUT2D eigenvalue weighted by Crippen LogP contribution is 2.26. The summed E-state index contributed by atoms with van der Waals surface area (Å²) in [6.45, 7) is 2.23. The minimum Gasteiger partial charge on any atom is -0.394 e. The first-order valence-corrected chi connectivity index (χ1v) is 14.5. The maximum absolute atomic E-state index is 11.4. The van der Waals surface area contributed by atoms with Crippen LogP contribution in [0.1, 0.15) is 116 Å². The van der Waals surface area contributed by atoms with Gasteiger partial charge in [-0.15, -0.1) is 0 Å². The Hall–Kier alpha value is -1.58. The van der Waals surface area contributed by atoms with Crippen molar-refractivity contribution >= 4 is 17.0 Å². The minimum atomic E-state index is -0.480. The smallest absolute Gasteiger partial charge is 0.330 e. The molecule has 2 atom stereocenters. The van der Waals surface area contributed by atoms with E-state index in [0.717, 1.165) is 12.2 Å². The summed E-state index contributed by atoms with van der Waals surface area (Å²) in [5, 5.41) is 8.64. The average molecular weight is 514 g/mol. The molecule has 1 aromatic heterocycles. The number of H-pyrrole nitrogens is 1. The Balaban J connectivity index is 0.000000362. The van der Waals surface area contributed by atoms with Gasteiger partial charge in [0.1, 0.15) is 6.23 Å². The Morgan fingerprint density at radius 2 is 1.54 bits per heavy atom. The van der Waals surface area contributed by atoms with E-state index in [4.69, 9.17) is 15.6 Å². The van der Waals surface area contributed by atoms with E-state index in [2.05, 4.69) is 11.9 Å². The topological polar surface area (TPSA) is 127 Å². The summed E-state index contributed by atoms with van der Waals surface area (Å²) in [7, 11) is 0. The predicted octanol–water partition coefficient (Wildman–Crippen LogP) is 5.49. The van der Waals surface area contributed by atoms with Gasteiger partial charge in [-0.2, -0.15) is 0 Å². The first kappa shape index (κ1) is 31.4. The van der Waals surface area contributed by atoms with Gasteiger partial charge >= 0.3 is 5.69 Å². The monoisotopic (exact) mass is 513 g/mol. The van der Waals surface area contributed by atoms with Crippen LogP contribution in [0.5, 0.6) is 0 Å². The van der Waals surface area contributed by atoms with Gasteiger partial charge in [0.15, 0.2) is 0 Å². The summed E-state index contributed by atoms with van der Waals surface area (Å²) in [6, 6.07) is 1.27. The van der Waals surface area contributed by atoms with Gasteiger partial charge in [-0.3, -0.25) is 19.1 Å². The van der Waals surface area contributed by atoms with Gasteiger partial charge in [0, 0.05) is 18.0 Å². The average Bonchev–Trinajstić information content (AvgIpc) is 3.31. The molecule has 0 spiro atoms. The molecule has 1 aliphatic rings. The number of hydrogen-bond donors (Lipinski definition) is 3. The zero-order valence-electron chi connectivity index (χ0n) is 21.6. The lowest BCUT2D eigenvalue weighted by molar-refractivity contribution is -0.0246. The zero-order valence-corrected chi connectivity index (χ0v) is 22.4. The van der Waals surface area contributed by atoms with Crippen LogP contribution in [0.4, 0.5) is 4.79 Å². The Bertz CT molecular complexity index is 783. The lowest BCUT2D eigenvalue weighted by atomic mass is 10.0. The number of hydrogen-bond acceptors (Lipinski definition) is 6. The molecule has 1 fully saturated rings. The maximum Gasteiger partial charge on any atom is 0.330 e. The number of aromatic amines is 1. The summed E-state index contributed by atoms with van der Waals surface area (Å²) < 4.78 is 6.74. The number of aliphatic hydroxyl groups is 1. The molecule has 0 radical (unpaired) electrons. The highest BCUT2D eigenvalue weighted by atomic mass is 32.2. The van der Waals surface area contributed by atoms with E-state index in [1.165, 1.54) is 112 Å². The zero-order chi connectivity index (χ0) is 25.7. The molecule has 0 aromatic carbocycles. The molecule has 0 aliphatic carbocycles. The third-order valence-electron chi connectivity index (χ3n) is 6.19. The van der Waals surface area contributed by atoms with Gasteiger partial charge < -0.3 is 15.6 Å². The van der Waals surface area contributed by atoms with Crippen LogP contribution in [0.25, 0.3) is 0 Å². The molecular weight excluding hydrogens is 466 g/mol. The molecule has 1 saturated heterocycles. The van der Waals surface area contributed by atoms with Crippen molar-refractivity contribution in [2.45, 2.75) is 122 Å². The number of primary amides is 1. The molecule has 202 valence electrons. The maximum atomic E-state index is 11.4. The number of carbonyl (C=O) groups excluding carboxylic acids is 1. The van der Waals surface area contributed by atoms with Gasteiger partial charge in [0.25, 0.3) is 10.8 Å². The van der Waals surface area contributed by atoms with Crippen molar-refractivity contribution in [2.24, 2.45) is 5.73 Å². The number of nitrogens with one attached hydrogen (secondary N) is 1. The van der Waals surface area contributed by atoms with Gasteiger partial charge in [-0.25, -0.2) is 4.79 Å². The van der Waals surface area contributed by atoms with Crippen LogP contribution in [0.2, 0.25) is 0 Å². The molecular formula is C26H47N3O5S. The van der Waals surface area contributed by atoms with Crippen LogP contribution in [-0.4, -0.2) is 38.4 Å². The second kappa shape index (κ2) is 20.6. The van der Waals surface area contributed by atoms with Crippen molar-refractivity contribution in [1.29, 1.82) is 0 Å². The van der Waals surface area contributed by atoms with E-state index in [-0.39, 0.29) is 24.2 Å². The van der Waals surface area contributed by atoms with E-state index in [1.54, 1.807) is 0 Å². The number of aliphatic hydroxyl groups excluding tert-OH is 1. The molecule has 2 rings (SSSR count). The molecule has 8 nitrogen and oxygen atoms in total. The van der Waals surface area contributed by atoms with Crippen LogP contribution in [0.15, 0.2) is 21.9 Å². The Kier molecular flexibility index (Phi) is 18.5. The normalized spacial score (nSPS) is 17.2. The van der Waals surface area contributed by atoms with Crippen molar-refractivity contribution in [3.8, 4) is 0 Å². The summed E-state index contributed by atoms with van der Waals surface area (Å²) in [5.74, 6) is 0.896. The Morgan fingerprint density at radius 1 is 1.00 bits per heavy atom. The summed E-state index contributed by atoms with van der Waals surface area (Å²) in [4.78, 5) is 34.9. The third-order valence-corrected chi connectivity index (χ3v) is 6.97. The molecule has 1 amide bonds. The number of nitrogens with zero attached hydrogens (tertiary/aromatic N) is 1. The molecule has 1 aliphatic heterocycles. The first-order chi connectivity index (χ1) is 17.0. The predicted molar refractivity (Wildman–Crippen MR) is 144 cm³/mol. The number of unbranched alkanes of at least 4 members (excludes halogenated alkanes) is 13. The number of carbonyl (C=O) groups is 1. The fourth-order valence-electron chi connectivity index (χ4n) is 4.15. The van der Waals surface area contributed by atoms with Gasteiger partial charge in [0.2, 0.25) is 0 Å². The molecule has 2 heterocycles. The second-order valence-electron chi connectivity index (χ2n) is 9.25. The van der Waals surface area contributed by atoms with E-state index in [0.29, 0.717) is 12.8 Å². The molecule has 9 heteroatoms. The first-order valence-electron chi connectivity index (χ1n) is 13.5. The number of nitrogens with two attached hydrogens (primary N) is 1. The largest absolute Gasteiger partial charge is 0.394 e. The van der Waals surface area contributed by atoms with Crippen LogP contribution >= 0.6 is 11.8 Å². The van der Waals surface area contributed by atoms with Crippen LogP contribution in [-0.2, 0) is 4.74 Å². The third kappa shape index (κ3) is 15.9. The Morgan fingerprint density at radius 3 is 2.00 bits per heavy atom. The van der Waals surface area contributed by atoms with Crippen LogP contribution in [0, 0.1) is 0 Å². The number of ether oxygens (including phenoxy) is 1. The lowest BCUT2D eigenvalue weighted by Gasteiger charge is -2.13. The molecule has 4 N–H and O–H groups in total. The van der Waals surface area contributed by atoms with Gasteiger partial charge in [-0.05, 0) is 19.3 Å². The van der Waals surface area contributed by atoms with Gasteiger partial charge in [-0.1, -0.05) is 102 Å². The molecule has 0 bridgehead atoms. The highest BCUT2D eigenvalue weighted by molar-refractivity contribution is 8.13. The van der Waals surface area contributed by atoms with Crippen molar-refractivity contribution in [2.75, 3.05) is 12.4 Å². The van der Waals surface area contributed by atoms with Gasteiger partial charge in [0.05, 0.1) is 12.7 Å². The van der Waals surface area contributed by atoms with Crippen LogP contribution in [0.3, 0.4) is 0 Å². The number of amides is 1. The summed E-state index contributed by atoms with van der Waals surface area (Å²) in [5.41, 5.74) is 4.17. The van der Waals surface area contributed by atoms with E-state index in [9.17, 15) is 14.4 Å². The second-order valence-corrected chi connectivity index (χ2v) is 10.4. The standard InChI is InChI=1S/C17H35NOS.C9H12N2O4/c1-2-3-4-5-6-7-8-9-10-11-12-13-14-15-16-20-17(18)19;12-5-6-1-2-8(15-6)11-4-3-7(13)10-9(11)14/h2-16H2,1H3,(H2,18,19);3-4,6,8,12H,1-2,5H2,(H,10,13,14). The number of thioether (sulfide) groups is 1. The SMILES string of the molecule is CCCCCCCCCCCCCCCCSC(N)=O.O=c1ccn(C2CCC(CO)O2)c(=O)[nH]1. The van der Waals surface area contributed by atoms with E-state index >= 15 is 0 Å². The van der Waals surface area contributed by atoms with Crippen molar-refractivity contribution < 1.29 is 14.6 Å². The van der Waals surface area contributed by atoms with Crippen LogP contribution < -0.4 is 17.0 Å². The summed E-state index contributed by atoms with van der Waals surface area (Å²) in [6.07, 6.45) is 21.4. The molecule has 0 saturated carbocycles. The molecule has 1 aromatic rings. The van der Waals surface area contributed by atoms with E-state index in [1.807, 2.05) is 0 Å². The molecule has 2 unspecified atom stereocenters. The lowest BCUT2D eigenvalue weighted by Crippen LogP contribution is -2.31. The number of rotatable bonds is 17. The number of aromatic nitrogens is 2.